The Morgan fingerprint density at radius 3 is 2.81 bits per heavy atom. The molecule has 0 aliphatic rings. The standard InChI is InChI=1S/C10H10Cl2N4/c11-7-1-2-8(9(12)3-7)10(13)4-16-6-14-5-15-16/h1-3,5-6,10H,4,13H2. The molecule has 0 radical (unpaired) electrons. The SMILES string of the molecule is NC(Cn1cncn1)c1ccc(Cl)cc1Cl. The lowest BCUT2D eigenvalue weighted by atomic mass is 10.1. The fraction of sp³-hybridized carbons (Fsp3) is 0.200. The molecule has 4 nitrogen and oxygen atoms in total. The van der Waals surface area contributed by atoms with Gasteiger partial charge in [0.1, 0.15) is 12.7 Å². The van der Waals surface area contributed by atoms with E-state index >= 15 is 0 Å². The summed E-state index contributed by atoms with van der Waals surface area (Å²) in [5.74, 6) is 0. The van der Waals surface area contributed by atoms with Crippen molar-refractivity contribution in [1.82, 2.24) is 14.8 Å². The third kappa shape index (κ3) is 2.52. The summed E-state index contributed by atoms with van der Waals surface area (Å²) in [5, 5.41) is 5.15. The van der Waals surface area contributed by atoms with Gasteiger partial charge in [-0.2, -0.15) is 5.10 Å². The molecule has 0 saturated carbocycles. The van der Waals surface area contributed by atoms with E-state index in [2.05, 4.69) is 10.1 Å². The number of hydrogen-bond acceptors (Lipinski definition) is 3. The van der Waals surface area contributed by atoms with Crippen molar-refractivity contribution in [1.29, 1.82) is 0 Å². The van der Waals surface area contributed by atoms with Crippen LogP contribution in [0, 0.1) is 0 Å². The van der Waals surface area contributed by atoms with Crippen molar-refractivity contribution in [2.24, 2.45) is 5.73 Å². The van der Waals surface area contributed by atoms with E-state index in [1.807, 2.05) is 6.07 Å². The predicted octanol–water partition coefficient (Wildman–Crippen LogP) is 2.28. The molecule has 0 amide bonds. The molecule has 6 heteroatoms. The van der Waals surface area contributed by atoms with Gasteiger partial charge in [-0.05, 0) is 17.7 Å². The molecule has 0 aliphatic heterocycles. The van der Waals surface area contributed by atoms with Crippen LogP contribution < -0.4 is 5.73 Å². The van der Waals surface area contributed by atoms with Crippen LogP contribution in [0.25, 0.3) is 0 Å². The van der Waals surface area contributed by atoms with Gasteiger partial charge in [-0.25, -0.2) is 4.98 Å². The number of halogens is 2. The van der Waals surface area contributed by atoms with E-state index in [4.69, 9.17) is 28.9 Å². The van der Waals surface area contributed by atoms with Crippen LogP contribution >= 0.6 is 23.2 Å². The van der Waals surface area contributed by atoms with Gasteiger partial charge in [-0.3, -0.25) is 4.68 Å². The number of nitrogens with zero attached hydrogens (tertiary/aromatic N) is 3. The molecule has 0 fully saturated rings. The lowest BCUT2D eigenvalue weighted by molar-refractivity contribution is 0.526. The third-order valence-electron chi connectivity index (χ3n) is 2.21. The highest BCUT2D eigenvalue weighted by Crippen LogP contribution is 2.25. The van der Waals surface area contributed by atoms with Crippen LogP contribution in [-0.4, -0.2) is 14.8 Å². The van der Waals surface area contributed by atoms with Gasteiger partial charge in [-0.15, -0.1) is 0 Å². The molecular weight excluding hydrogens is 247 g/mol. The summed E-state index contributed by atoms with van der Waals surface area (Å²) in [6, 6.07) is 5.04. The van der Waals surface area contributed by atoms with E-state index in [0.29, 0.717) is 16.6 Å². The maximum atomic E-state index is 6.05. The molecule has 2 N–H and O–H groups in total. The third-order valence-corrected chi connectivity index (χ3v) is 2.77. The minimum absolute atomic E-state index is 0.230. The van der Waals surface area contributed by atoms with E-state index in [9.17, 15) is 0 Å². The van der Waals surface area contributed by atoms with E-state index in [1.54, 1.807) is 23.1 Å². The average Bonchev–Trinajstić information content (AvgIpc) is 2.70. The lowest BCUT2D eigenvalue weighted by Gasteiger charge is -2.13. The summed E-state index contributed by atoms with van der Waals surface area (Å²) >= 11 is 11.9. The van der Waals surface area contributed by atoms with Crippen LogP contribution in [0.15, 0.2) is 30.9 Å². The Morgan fingerprint density at radius 1 is 1.38 bits per heavy atom. The number of hydrogen-bond donors (Lipinski definition) is 1. The number of benzene rings is 1. The number of aromatic nitrogens is 3. The Kier molecular flexibility index (Phi) is 3.43. The van der Waals surface area contributed by atoms with E-state index in [0.717, 1.165) is 5.56 Å². The fourth-order valence-electron chi connectivity index (χ4n) is 1.43. The maximum absolute atomic E-state index is 6.05. The molecule has 0 spiro atoms. The van der Waals surface area contributed by atoms with Crippen molar-refractivity contribution in [3.8, 4) is 0 Å². The molecule has 84 valence electrons. The second kappa shape index (κ2) is 4.82. The van der Waals surface area contributed by atoms with Gasteiger partial charge in [0.05, 0.1) is 12.6 Å². The molecule has 0 aliphatic carbocycles. The summed E-state index contributed by atoms with van der Waals surface area (Å²) in [6.07, 6.45) is 3.08. The van der Waals surface area contributed by atoms with Gasteiger partial charge in [0.15, 0.2) is 0 Å². The first-order chi connectivity index (χ1) is 7.66. The van der Waals surface area contributed by atoms with Crippen LogP contribution in [-0.2, 0) is 6.54 Å². The van der Waals surface area contributed by atoms with Crippen LogP contribution in [0.5, 0.6) is 0 Å². The van der Waals surface area contributed by atoms with Gasteiger partial charge in [-0.1, -0.05) is 29.3 Å². The topological polar surface area (TPSA) is 56.7 Å². The Bertz CT molecular complexity index is 470. The summed E-state index contributed by atoms with van der Waals surface area (Å²) in [7, 11) is 0. The Labute approximate surface area is 103 Å². The highest BCUT2D eigenvalue weighted by molar-refractivity contribution is 6.35. The van der Waals surface area contributed by atoms with E-state index in [1.165, 1.54) is 6.33 Å². The summed E-state index contributed by atoms with van der Waals surface area (Å²) in [4.78, 5) is 3.85. The average molecular weight is 257 g/mol. The van der Waals surface area contributed by atoms with Gasteiger partial charge >= 0.3 is 0 Å². The highest BCUT2D eigenvalue weighted by atomic mass is 35.5. The normalized spacial score (nSPS) is 12.7. The molecule has 2 aromatic rings. The second-order valence-electron chi connectivity index (χ2n) is 3.39. The Balaban J connectivity index is 2.17. The van der Waals surface area contributed by atoms with Crippen molar-refractivity contribution in [3.05, 3.63) is 46.5 Å². The first kappa shape index (κ1) is 11.4. The van der Waals surface area contributed by atoms with Crippen LogP contribution in [0.3, 0.4) is 0 Å². The van der Waals surface area contributed by atoms with Crippen LogP contribution in [0.2, 0.25) is 10.0 Å². The molecule has 16 heavy (non-hydrogen) atoms. The lowest BCUT2D eigenvalue weighted by Crippen LogP contribution is -2.18. The molecule has 2 rings (SSSR count). The smallest absolute Gasteiger partial charge is 0.137 e. The molecule has 1 aromatic carbocycles. The minimum Gasteiger partial charge on any atom is -0.322 e. The molecule has 1 aromatic heterocycles. The zero-order valence-electron chi connectivity index (χ0n) is 8.35. The molecule has 0 bridgehead atoms. The van der Waals surface area contributed by atoms with Gasteiger partial charge in [0.2, 0.25) is 0 Å². The first-order valence-electron chi connectivity index (χ1n) is 4.70. The molecule has 1 unspecified atom stereocenters. The van der Waals surface area contributed by atoms with Gasteiger partial charge < -0.3 is 5.73 Å². The van der Waals surface area contributed by atoms with Crippen molar-refractivity contribution in [3.63, 3.8) is 0 Å². The van der Waals surface area contributed by atoms with Crippen molar-refractivity contribution in [2.75, 3.05) is 0 Å². The summed E-state index contributed by atoms with van der Waals surface area (Å²) < 4.78 is 1.66. The fourth-order valence-corrected chi connectivity index (χ4v) is 1.98. The second-order valence-corrected chi connectivity index (χ2v) is 4.23. The van der Waals surface area contributed by atoms with Crippen molar-refractivity contribution >= 4 is 23.2 Å². The highest BCUT2D eigenvalue weighted by Gasteiger charge is 2.11. The number of nitrogens with two attached hydrogens (primary N) is 1. The van der Waals surface area contributed by atoms with Crippen molar-refractivity contribution in [2.45, 2.75) is 12.6 Å². The predicted molar refractivity (Wildman–Crippen MR) is 63.4 cm³/mol. The van der Waals surface area contributed by atoms with E-state index < -0.39 is 0 Å². The number of rotatable bonds is 3. The Morgan fingerprint density at radius 2 is 2.19 bits per heavy atom. The first-order valence-corrected chi connectivity index (χ1v) is 5.45. The van der Waals surface area contributed by atoms with Gasteiger partial charge in [0.25, 0.3) is 0 Å². The maximum Gasteiger partial charge on any atom is 0.137 e. The molecular formula is C10H10Cl2N4. The zero-order valence-corrected chi connectivity index (χ0v) is 9.86. The zero-order chi connectivity index (χ0) is 11.5. The minimum atomic E-state index is -0.230. The van der Waals surface area contributed by atoms with Crippen LogP contribution in [0.4, 0.5) is 0 Å². The summed E-state index contributed by atoms with van der Waals surface area (Å²) in [5.41, 5.74) is 6.87. The van der Waals surface area contributed by atoms with Gasteiger partial charge in [0, 0.05) is 10.0 Å². The van der Waals surface area contributed by atoms with E-state index in [-0.39, 0.29) is 6.04 Å². The molecule has 1 heterocycles. The van der Waals surface area contributed by atoms with Crippen LogP contribution in [0.1, 0.15) is 11.6 Å². The summed E-state index contributed by atoms with van der Waals surface area (Å²) in [6.45, 7) is 0.529. The quantitative estimate of drug-likeness (QED) is 0.917. The molecule has 0 saturated heterocycles. The monoisotopic (exact) mass is 256 g/mol. The molecule has 1 atom stereocenters. The Hall–Kier alpha value is -1.10. The van der Waals surface area contributed by atoms with Crippen molar-refractivity contribution < 1.29 is 0 Å². The largest absolute Gasteiger partial charge is 0.322 e.